The van der Waals surface area contributed by atoms with E-state index in [2.05, 4.69) is 28.2 Å². The summed E-state index contributed by atoms with van der Waals surface area (Å²) < 4.78 is 18.9. The van der Waals surface area contributed by atoms with Gasteiger partial charge in [0.2, 0.25) is 0 Å². The fourth-order valence-corrected chi connectivity index (χ4v) is 6.68. The van der Waals surface area contributed by atoms with Crippen molar-refractivity contribution in [3.05, 3.63) is 29.0 Å². The third-order valence-corrected chi connectivity index (χ3v) is 8.47. The highest BCUT2D eigenvalue weighted by molar-refractivity contribution is 6.30. The van der Waals surface area contributed by atoms with Crippen molar-refractivity contribution in [2.75, 3.05) is 13.2 Å². The van der Waals surface area contributed by atoms with Gasteiger partial charge < -0.3 is 15.4 Å². The maximum atomic E-state index is 13.5. The first-order chi connectivity index (χ1) is 15.9. The fraction of sp³-hybridized carbons (Fsp3) is 0.720. The summed E-state index contributed by atoms with van der Waals surface area (Å²) in [6.45, 7) is 3.16. The first kappa shape index (κ1) is 23.3. The van der Waals surface area contributed by atoms with E-state index in [4.69, 9.17) is 16.3 Å². The Morgan fingerprint density at radius 1 is 1.18 bits per heavy atom. The molecule has 33 heavy (non-hydrogen) atoms. The van der Waals surface area contributed by atoms with Gasteiger partial charge in [-0.2, -0.15) is 0 Å². The maximum absolute atomic E-state index is 13.5. The molecule has 1 heterocycles. The minimum Gasteiger partial charge on any atom is -0.484 e. The first-order valence-electron chi connectivity index (χ1n) is 12.5. The minimum absolute atomic E-state index is 0.0374. The van der Waals surface area contributed by atoms with E-state index in [9.17, 15) is 9.18 Å². The van der Waals surface area contributed by atoms with Crippen LogP contribution in [0, 0.1) is 11.7 Å². The van der Waals surface area contributed by atoms with Gasteiger partial charge in [-0.15, -0.1) is 0 Å². The normalized spacial score (nSPS) is 36.3. The van der Waals surface area contributed by atoms with Crippen molar-refractivity contribution in [2.24, 2.45) is 5.92 Å². The molecule has 1 aromatic carbocycles. The molecule has 1 aromatic rings. The number of amides is 1. The Morgan fingerprint density at radius 2 is 1.91 bits per heavy atom. The van der Waals surface area contributed by atoms with Crippen molar-refractivity contribution in [3.8, 4) is 5.75 Å². The summed E-state index contributed by atoms with van der Waals surface area (Å²) in [6.07, 6.45) is 11.3. The van der Waals surface area contributed by atoms with Gasteiger partial charge in [0, 0.05) is 35.8 Å². The average molecular weight is 479 g/mol. The van der Waals surface area contributed by atoms with E-state index in [1.165, 1.54) is 50.7 Å². The van der Waals surface area contributed by atoms with Crippen molar-refractivity contribution in [1.82, 2.24) is 21.3 Å². The van der Waals surface area contributed by atoms with Crippen LogP contribution in [0.5, 0.6) is 5.75 Å². The predicted molar refractivity (Wildman–Crippen MR) is 127 cm³/mol. The van der Waals surface area contributed by atoms with Crippen LogP contribution in [0.4, 0.5) is 4.39 Å². The van der Waals surface area contributed by atoms with Gasteiger partial charge in [0.25, 0.3) is 5.91 Å². The first-order valence-corrected chi connectivity index (χ1v) is 12.9. The zero-order valence-corrected chi connectivity index (χ0v) is 20.1. The Bertz CT molecular complexity index is 856. The standard InChI is InChI=1S/C25H36ClFN4O2/c1-16-23(28-11-21(29-16)17-6-4-2-3-5-7-17)31-25-13-24(14-25,15-25)30-22(32)12-33-18-8-9-19(26)20(27)10-18/h8-10,16-17,21,23,28-29,31H,2-7,11-15H2,1H3,(H,30,32). The van der Waals surface area contributed by atoms with Crippen molar-refractivity contribution in [1.29, 1.82) is 0 Å². The molecule has 6 nitrogen and oxygen atoms in total. The zero-order chi connectivity index (χ0) is 23.1. The second-order valence-electron chi connectivity index (χ2n) is 10.8. The van der Waals surface area contributed by atoms with Crippen molar-refractivity contribution >= 4 is 17.5 Å². The SMILES string of the molecule is CC1NC(C2CCCCCC2)CNC1NC12CC(NC(=O)COc3ccc(Cl)c(F)c3)(C1)C2. The number of rotatable bonds is 7. The van der Waals surface area contributed by atoms with Crippen LogP contribution in [-0.2, 0) is 4.79 Å². The summed E-state index contributed by atoms with van der Waals surface area (Å²) in [6, 6.07) is 5.13. The molecule has 4 aliphatic carbocycles. The molecule has 8 heteroatoms. The summed E-state index contributed by atoms with van der Waals surface area (Å²) in [5.74, 6) is 0.372. The summed E-state index contributed by atoms with van der Waals surface area (Å²) >= 11 is 5.68. The van der Waals surface area contributed by atoms with Crippen LogP contribution in [0.15, 0.2) is 18.2 Å². The van der Waals surface area contributed by atoms with Crippen LogP contribution in [-0.4, -0.2) is 48.4 Å². The molecule has 4 saturated carbocycles. The summed E-state index contributed by atoms with van der Waals surface area (Å²) in [4.78, 5) is 12.4. The number of benzene rings is 1. The Morgan fingerprint density at radius 3 is 2.58 bits per heavy atom. The van der Waals surface area contributed by atoms with E-state index in [0.29, 0.717) is 17.8 Å². The highest BCUT2D eigenvalue weighted by Gasteiger charge is 2.69. The van der Waals surface area contributed by atoms with E-state index < -0.39 is 5.82 Å². The molecule has 0 aromatic heterocycles. The molecule has 5 aliphatic rings. The quantitative estimate of drug-likeness (QED) is 0.451. The number of carbonyl (C=O) groups excluding carboxylic acids is 1. The molecule has 4 N–H and O–H groups in total. The Hall–Kier alpha value is -1.41. The third-order valence-electron chi connectivity index (χ3n) is 8.16. The van der Waals surface area contributed by atoms with Crippen molar-refractivity contribution in [2.45, 2.75) is 94.0 Å². The number of hydrogen-bond acceptors (Lipinski definition) is 5. The molecule has 2 bridgehead atoms. The van der Waals surface area contributed by atoms with Gasteiger partial charge in [-0.1, -0.05) is 37.3 Å². The molecular formula is C25H36ClFN4O2. The van der Waals surface area contributed by atoms with Crippen molar-refractivity contribution in [3.63, 3.8) is 0 Å². The molecule has 0 radical (unpaired) electrons. The lowest BCUT2D eigenvalue weighted by Crippen LogP contribution is -2.86. The smallest absolute Gasteiger partial charge is 0.258 e. The van der Waals surface area contributed by atoms with Gasteiger partial charge in [-0.25, -0.2) is 4.39 Å². The highest BCUT2D eigenvalue weighted by Crippen LogP contribution is 2.60. The van der Waals surface area contributed by atoms with Gasteiger partial charge in [0.05, 0.1) is 11.2 Å². The van der Waals surface area contributed by atoms with Crippen LogP contribution in [0.3, 0.4) is 0 Å². The van der Waals surface area contributed by atoms with Crippen LogP contribution >= 0.6 is 11.6 Å². The number of carbonyl (C=O) groups is 1. The molecule has 182 valence electrons. The van der Waals surface area contributed by atoms with E-state index in [-0.39, 0.29) is 34.8 Å². The number of halogens is 2. The fourth-order valence-electron chi connectivity index (χ4n) is 6.57. The second kappa shape index (κ2) is 9.33. The molecule has 1 saturated heterocycles. The molecular weight excluding hydrogens is 443 g/mol. The van der Waals surface area contributed by atoms with Gasteiger partial charge in [0.15, 0.2) is 6.61 Å². The molecule has 1 amide bonds. The number of nitrogens with one attached hydrogen (secondary N) is 4. The summed E-state index contributed by atoms with van der Waals surface area (Å²) in [5.41, 5.74) is 0.00309. The minimum atomic E-state index is -0.553. The van der Waals surface area contributed by atoms with Crippen molar-refractivity contribution < 1.29 is 13.9 Å². The monoisotopic (exact) mass is 478 g/mol. The lowest BCUT2D eigenvalue weighted by atomic mass is 9.44. The predicted octanol–water partition coefficient (Wildman–Crippen LogP) is 3.49. The van der Waals surface area contributed by atoms with E-state index in [1.54, 1.807) is 6.07 Å². The topological polar surface area (TPSA) is 74.4 Å². The number of ether oxygens (including phenoxy) is 1. The number of piperazine rings is 1. The Balaban J connectivity index is 1.04. The zero-order valence-electron chi connectivity index (χ0n) is 19.4. The maximum Gasteiger partial charge on any atom is 0.258 e. The average Bonchev–Trinajstić information content (AvgIpc) is 3.03. The molecule has 0 spiro atoms. The Kier molecular flexibility index (Phi) is 6.60. The van der Waals surface area contributed by atoms with Gasteiger partial charge in [-0.05, 0) is 57.1 Å². The molecule has 3 atom stereocenters. The van der Waals surface area contributed by atoms with Crippen LogP contribution < -0.4 is 26.0 Å². The summed E-state index contributed by atoms with van der Waals surface area (Å²) in [5, 5.41) is 14.7. The van der Waals surface area contributed by atoms with Gasteiger partial charge in [0.1, 0.15) is 11.6 Å². The van der Waals surface area contributed by atoms with E-state index >= 15 is 0 Å². The van der Waals surface area contributed by atoms with Crippen LogP contribution in [0.2, 0.25) is 5.02 Å². The largest absolute Gasteiger partial charge is 0.484 e. The Labute approximate surface area is 200 Å². The van der Waals surface area contributed by atoms with Gasteiger partial charge in [-0.3, -0.25) is 15.4 Å². The number of hydrogen-bond donors (Lipinski definition) is 4. The van der Waals surface area contributed by atoms with Crippen LogP contribution in [0.25, 0.3) is 0 Å². The molecule has 1 aliphatic heterocycles. The molecule has 3 unspecified atom stereocenters. The lowest BCUT2D eigenvalue weighted by molar-refractivity contribution is -0.146. The third kappa shape index (κ3) is 5.02. The second-order valence-corrected chi connectivity index (χ2v) is 11.3. The van der Waals surface area contributed by atoms with E-state index in [0.717, 1.165) is 31.7 Å². The van der Waals surface area contributed by atoms with Gasteiger partial charge >= 0.3 is 0 Å². The van der Waals surface area contributed by atoms with E-state index in [1.807, 2.05) is 0 Å². The summed E-state index contributed by atoms with van der Waals surface area (Å²) in [7, 11) is 0. The lowest BCUT2D eigenvalue weighted by Gasteiger charge is -2.71. The highest BCUT2D eigenvalue weighted by atomic mass is 35.5. The molecule has 6 rings (SSSR count). The van der Waals surface area contributed by atoms with Crippen LogP contribution in [0.1, 0.15) is 64.7 Å². The molecule has 5 fully saturated rings.